The van der Waals surface area contributed by atoms with Gasteiger partial charge in [0.05, 0.1) is 33.9 Å². The van der Waals surface area contributed by atoms with Crippen molar-refractivity contribution in [2.75, 3.05) is 28.4 Å². The standard InChI is InChI=1S/C20H27NO4/c1-13-9-16(17(22)10-14(13)2)12-21(3)11-15-7-8-18(23-4)20(25-6)19(15)24-5/h7-10,22H,11-12H2,1-6H3/p+1. The van der Waals surface area contributed by atoms with Crippen LogP contribution in [0, 0.1) is 13.8 Å². The molecule has 0 aliphatic carbocycles. The van der Waals surface area contributed by atoms with Crippen molar-refractivity contribution in [3.8, 4) is 23.0 Å². The first kappa shape index (κ1) is 18.9. The smallest absolute Gasteiger partial charge is 0.203 e. The van der Waals surface area contributed by atoms with E-state index < -0.39 is 0 Å². The van der Waals surface area contributed by atoms with Gasteiger partial charge in [-0.3, -0.25) is 0 Å². The SMILES string of the molecule is COc1ccc(C[NH+](C)Cc2cc(C)c(C)cc2O)c(OC)c1OC. The maximum absolute atomic E-state index is 10.2. The Morgan fingerprint density at radius 3 is 2.04 bits per heavy atom. The maximum Gasteiger partial charge on any atom is 0.203 e. The van der Waals surface area contributed by atoms with Gasteiger partial charge in [0.1, 0.15) is 18.8 Å². The molecule has 2 aromatic carbocycles. The highest BCUT2D eigenvalue weighted by atomic mass is 16.5. The Morgan fingerprint density at radius 1 is 0.840 bits per heavy atom. The minimum absolute atomic E-state index is 0.349. The van der Waals surface area contributed by atoms with Gasteiger partial charge in [0.15, 0.2) is 11.5 Å². The number of hydrogen-bond acceptors (Lipinski definition) is 4. The average Bonchev–Trinajstić information content (AvgIpc) is 2.58. The van der Waals surface area contributed by atoms with Gasteiger partial charge in [-0.15, -0.1) is 0 Å². The fourth-order valence-corrected chi connectivity index (χ4v) is 3.02. The molecule has 0 saturated heterocycles. The van der Waals surface area contributed by atoms with Crippen LogP contribution >= 0.6 is 0 Å². The van der Waals surface area contributed by atoms with E-state index >= 15 is 0 Å². The molecule has 136 valence electrons. The number of quaternary nitrogens is 1. The van der Waals surface area contributed by atoms with Crippen LogP contribution < -0.4 is 19.1 Å². The minimum Gasteiger partial charge on any atom is -0.507 e. The van der Waals surface area contributed by atoms with Crippen molar-refractivity contribution in [2.24, 2.45) is 0 Å². The third-order valence-electron chi connectivity index (χ3n) is 4.47. The zero-order valence-electron chi connectivity index (χ0n) is 15.9. The lowest BCUT2D eigenvalue weighted by Gasteiger charge is -2.19. The highest BCUT2D eigenvalue weighted by Gasteiger charge is 2.19. The molecule has 1 atom stereocenters. The van der Waals surface area contributed by atoms with Crippen LogP contribution in [0.3, 0.4) is 0 Å². The van der Waals surface area contributed by atoms with Gasteiger partial charge in [-0.1, -0.05) is 0 Å². The number of nitrogens with one attached hydrogen (secondary N) is 1. The molecule has 2 rings (SSSR count). The summed E-state index contributed by atoms with van der Waals surface area (Å²) in [5, 5.41) is 10.2. The molecule has 1 unspecified atom stereocenters. The summed E-state index contributed by atoms with van der Waals surface area (Å²) >= 11 is 0. The number of phenols is 1. The van der Waals surface area contributed by atoms with Gasteiger partial charge in [-0.25, -0.2) is 0 Å². The Bertz CT molecular complexity index is 743. The van der Waals surface area contributed by atoms with Crippen molar-refractivity contribution < 1.29 is 24.2 Å². The molecule has 0 saturated carbocycles. The maximum atomic E-state index is 10.2. The number of aromatic hydroxyl groups is 1. The second kappa shape index (κ2) is 8.12. The van der Waals surface area contributed by atoms with E-state index in [-0.39, 0.29) is 0 Å². The number of ether oxygens (including phenoxy) is 3. The van der Waals surface area contributed by atoms with E-state index in [2.05, 4.69) is 20.0 Å². The van der Waals surface area contributed by atoms with Crippen molar-refractivity contribution >= 4 is 0 Å². The molecule has 0 fully saturated rings. The van der Waals surface area contributed by atoms with Crippen LogP contribution in [0.5, 0.6) is 23.0 Å². The van der Waals surface area contributed by atoms with Crippen molar-refractivity contribution in [2.45, 2.75) is 26.9 Å². The second-order valence-electron chi connectivity index (χ2n) is 6.37. The van der Waals surface area contributed by atoms with E-state index in [0.29, 0.717) is 29.5 Å². The predicted molar refractivity (Wildman–Crippen MR) is 98.0 cm³/mol. The lowest BCUT2D eigenvalue weighted by molar-refractivity contribution is -0.907. The lowest BCUT2D eigenvalue weighted by Crippen LogP contribution is -3.06. The van der Waals surface area contributed by atoms with Gasteiger partial charge >= 0.3 is 0 Å². The molecule has 25 heavy (non-hydrogen) atoms. The van der Waals surface area contributed by atoms with Crippen LogP contribution in [0.4, 0.5) is 0 Å². The van der Waals surface area contributed by atoms with Crippen LogP contribution in [0.1, 0.15) is 22.3 Å². The summed E-state index contributed by atoms with van der Waals surface area (Å²) in [6, 6.07) is 7.76. The molecule has 5 nitrogen and oxygen atoms in total. The van der Waals surface area contributed by atoms with E-state index in [4.69, 9.17) is 14.2 Å². The average molecular weight is 346 g/mol. The van der Waals surface area contributed by atoms with Crippen molar-refractivity contribution in [3.05, 3.63) is 46.5 Å². The Balaban J connectivity index is 2.23. The first-order chi connectivity index (χ1) is 11.9. The number of phenolic OH excluding ortho intramolecular Hbond substituents is 1. The first-order valence-electron chi connectivity index (χ1n) is 8.29. The van der Waals surface area contributed by atoms with E-state index in [9.17, 15) is 5.11 Å². The summed E-state index contributed by atoms with van der Waals surface area (Å²) in [6.07, 6.45) is 0. The van der Waals surface area contributed by atoms with Crippen molar-refractivity contribution in [1.82, 2.24) is 0 Å². The quantitative estimate of drug-likeness (QED) is 0.807. The third-order valence-corrected chi connectivity index (χ3v) is 4.47. The normalized spacial score (nSPS) is 11.9. The van der Waals surface area contributed by atoms with Gasteiger partial charge in [0, 0.05) is 5.56 Å². The molecule has 0 heterocycles. The summed E-state index contributed by atoms with van der Waals surface area (Å²) < 4.78 is 16.3. The minimum atomic E-state index is 0.349. The fourth-order valence-electron chi connectivity index (χ4n) is 3.02. The Labute approximate surface area is 149 Å². The summed E-state index contributed by atoms with van der Waals surface area (Å²) in [6.45, 7) is 5.51. The molecular formula is C20H28NO4+. The number of aryl methyl sites for hydroxylation is 2. The summed E-state index contributed by atoms with van der Waals surface area (Å²) in [5.74, 6) is 2.28. The van der Waals surface area contributed by atoms with Crippen LogP contribution in [0.25, 0.3) is 0 Å². The van der Waals surface area contributed by atoms with Crippen LogP contribution in [0.15, 0.2) is 24.3 Å². The second-order valence-corrected chi connectivity index (χ2v) is 6.37. The van der Waals surface area contributed by atoms with E-state index in [1.807, 2.05) is 25.1 Å². The van der Waals surface area contributed by atoms with Gasteiger partial charge < -0.3 is 24.2 Å². The summed E-state index contributed by atoms with van der Waals surface area (Å²) in [4.78, 5) is 1.23. The zero-order valence-corrected chi connectivity index (χ0v) is 15.9. The highest BCUT2D eigenvalue weighted by molar-refractivity contribution is 5.55. The number of rotatable bonds is 7. The molecule has 0 spiro atoms. The van der Waals surface area contributed by atoms with Crippen molar-refractivity contribution in [1.29, 1.82) is 0 Å². The first-order valence-corrected chi connectivity index (χ1v) is 8.29. The van der Waals surface area contributed by atoms with E-state index in [1.54, 1.807) is 21.3 Å². The Morgan fingerprint density at radius 2 is 1.44 bits per heavy atom. The van der Waals surface area contributed by atoms with Crippen LogP contribution in [-0.4, -0.2) is 33.5 Å². The number of methoxy groups -OCH3 is 3. The van der Waals surface area contributed by atoms with E-state index in [1.165, 1.54) is 10.5 Å². The highest BCUT2D eigenvalue weighted by Crippen LogP contribution is 2.39. The molecule has 2 aromatic rings. The molecule has 0 bridgehead atoms. The Hall–Kier alpha value is -2.40. The topological polar surface area (TPSA) is 52.4 Å². The number of benzene rings is 2. The predicted octanol–water partition coefficient (Wildman–Crippen LogP) is 2.25. The molecule has 0 aromatic heterocycles. The fraction of sp³-hybridized carbons (Fsp3) is 0.400. The van der Waals surface area contributed by atoms with Crippen LogP contribution in [0.2, 0.25) is 0 Å². The van der Waals surface area contributed by atoms with Crippen LogP contribution in [-0.2, 0) is 13.1 Å². The molecule has 5 heteroatoms. The Kier molecular flexibility index (Phi) is 6.15. The lowest BCUT2D eigenvalue weighted by atomic mass is 10.0. The third kappa shape index (κ3) is 4.17. The number of hydrogen-bond donors (Lipinski definition) is 2. The summed E-state index contributed by atoms with van der Waals surface area (Å²) in [5.41, 5.74) is 4.26. The summed E-state index contributed by atoms with van der Waals surface area (Å²) in [7, 11) is 6.93. The molecule has 0 aliphatic heterocycles. The molecule has 0 aliphatic rings. The molecular weight excluding hydrogens is 318 g/mol. The molecule has 2 N–H and O–H groups in total. The van der Waals surface area contributed by atoms with Crippen molar-refractivity contribution in [3.63, 3.8) is 0 Å². The molecule has 0 radical (unpaired) electrons. The largest absolute Gasteiger partial charge is 0.507 e. The van der Waals surface area contributed by atoms with Gasteiger partial charge in [0.2, 0.25) is 5.75 Å². The monoisotopic (exact) mass is 346 g/mol. The zero-order chi connectivity index (χ0) is 18.6. The van der Waals surface area contributed by atoms with E-state index in [0.717, 1.165) is 23.2 Å². The molecule has 0 amide bonds. The van der Waals surface area contributed by atoms with Gasteiger partial charge in [0.25, 0.3) is 0 Å². The van der Waals surface area contributed by atoms with Gasteiger partial charge in [-0.2, -0.15) is 0 Å². The van der Waals surface area contributed by atoms with Gasteiger partial charge in [-0.05, 0) is 49.2 Å².